The summed E-state index contributed by atoms with van der Waals surface area (Å²) >= 11 is 0. The normalized spacial score (nSPS) is 18.5. The highest BCUT2D eigenvalue weighted by Crippen LogP contribution is 2.23. The zero-order valence-electron chi connectivity index (χ0n) is 8.69. The number of halogens is 2. The summed E-state index contributed by atoms with van der Waals surface area (Å²) in [5, 5.41) is 10.3. The molecule has 0 unspecified atom stereocenters. The number of nitrogens with zero attached hydrogens (tertiary/aromatic N) is 1. The molecular formula is C10H10F2N2O3. The van der Waals surface area contributed by atoms with Crippen LogP contribution in [-0.4, -0.2) is 35.7 Å². The molecule has 5 nitrogen and oxygen atoms in total. The van der Waals surface area contributed by atoms with E-state index in [9.17, 15) is 13.6 Å². The molecule has 0 spiro atoms. The first-order valence-electron chi connectivity index (χ1n) is 4.88. The molecule has 0 aliphatic carbocycles. The molecule has 0 amide bonds. The number of nitrogens with one attached hydrogen (secondary N) is 1. The van der Waals surface area contributed by atoms with E-state index >= 15 is 0 Å². The van der Waals surface area contributed by atoms with Crippen molar-refractivity contribution in [3.63, 3.8) is 0 Å². The fourth-order valence-electron chi connectivity index (χ4n) is 1.54. The SMILES string of the molecule is O=C(O)C1=C2C=CC(OCC(F)F)=CN2NC1. The second-order valence-corrected chi connectivity index (χ2v) is 3.44. The summed E-state index contributed by atoms with van der Waals surface area (Å²) in [7, 11) is 0. The first-order valence-corrected chi connectivity index (χ1v) is 4.88. The number of fused-ring (bicyclic) bond motifs is 1. The average Bonchev–Trinajstić information content (AvgIpc) is 2.69. The summed E-state index contributed by atoms with van der Waals surface area (Å²) in [6.45, 7) is -0.498. The van der Waals surface area contributed by atoms with Crippen LogP contribution >= 0.6 is 0 Å². The molecule has 2 aliphatic heterocycles. The third kappa shape index (κ3) is 2.44. The van der Waals surface area contributed by atoms with E-state index in [0.29, 0.717) is 5.70 Å². The number of hydrogen-bond donors (Lipinski definition) is 2. The second kappa shape index (κ2) is 4.54. The lowest BCUT2D eigenvalue weighted by molar-refractivity contribution is -0.132. The zero-order valence-corrected chi connectivity index (χ0v) is 8.69. The minimum Gasteiger partial charge on any atom is -0.486 e. The Morgan fingerprint density at radius 3 is 3.00 bits per heavy atom. The number of rotatable bonds is 4. The number of hydrogen-bond acceptors (Lipinski definition) is 4. The van der Waals surface area contributed by atoms with E-state index in [2.05, 4.69) is 5.43 Å². The Morgan fingerprint density at radius 1 is 1.59 bits per heavy atom. The molecule has 7 heteroatoms. The first-order chi connectivity index (χ1) is 8.08. The van der Waals surface area contributed by atoms with Crippen LogP contribution in [0.2, 0.25) is 0 Å². The predicted octanol–water partition coefficient (Wildman–Crippen LogP) is 0.838. The predicted molar refractivity (Wildman–Crippen MR) is 53.7 cm³/mol. The van der Waals surface area contributed by atoms with Crippen molar-refractivity contribution < 1.29 is 23.4 Å². The Morgan fingerprint density at radius 2 is 2.35 bits per heavy atom. The maximum Gasteiger partial charge on any atom is 0.335 e. The van der Waals surface area contributed by atoms with Crippen molar-refractivity contribution in [3.8, 4) is 0 Å². The average molecular weight is 244 g/mol. The Hall–Kier alpha value is -1.89. The Labute approximate surface area is 95.6 Å². The van der Waals surface area contributed by atoms with Gasteiger partial charge in [-0.1, -0.05) is 0 Å². The molecule has 0 fully saturated rings. The van der Waals surface area contributed by atoms with Crippen LogP contribution in [0.1, 0.15) is 0 Å². The zero-order chi connectivity index (χ0) is 12.4. The number of aliphatic carboxylic acids is 1. The van der Waals surface area contributed by atoms with Crippen molar-refractivity contribution in [2.75, 3.05) is 13.2 Å². The van der Waals surface area contributed by atoms with Crippen molar-refractivity contribution in [2.24, 2.45) is 0 Å². The number of hydrazine groups is 1. The number of allylic oxidation sites excluding steroid dienone is 2. The van der Waals surface area contributed by atoms with Gasteiger partial charge in [-0.25, -0.2) is 19.0 Å². The molecule has 17 heavy (non-hydrogen) atoms. The summed E-state index contributed by atoms with van der Waals surface area (Å²) in [6.07, 6.45) is 1.88. The minimum atomic E-state index is -2.54. The fraction of sp³-hybridized carbons (Fsp3) is 0.300. The third-order valence-electron chi connectivity index (χ3n) is 2.29. The number of ether oxygens (including phenoxy) is 1. The molecular weight excluding hydrogens is 234 g/mol. The Kier molecular flexibility index (Phi) is 3.10. The first kappa shape index (κ1) is 11.6. The molecule has 92 valence electrons. The number of carbonyl (C=O) groups is 1. The van der Waals surface area contributed by atoms with Gasteiger partial charge in [-0.15, -0.1) is 0 Å². The molecule has 0 saturated carbocycles. The number of carboxylic acid groups (broad SMARTS) is 1. The van der Waals surface area contributed by atoms with Gasteiger partial charge >= 0.3 is 5.97 Å². The van der Waals surface area contributed by atoms with Gasteiger partial charge in [-0.2, -0.15) is 0 Å². The van der Waals surface area contributed by atoms with Gasteiger partial charge in [0.25, 0.3) is 6.43 Å². The van der Waals surface area contributed by atoms with Crippen molar-refractivity contribution >= 4 is 5.97 Å². The maximum absolute atomic E-state index is 11.9. The lowest BCUT2D eigenvalue weighted by atomic mass is 10.2. The van der Waals surface area contributed by atoms with Gasteiger partial charge in [0, 0.05) is 6.54 Å². The van der Waals surface area contributed by atoms with Gasteiger partial charge in [0.2, 0.25) is 0 Å². The molecule has 0 radical (unpaired) electrons. The largest absolute Gasteiger partial charge is 0.486 e. The van der Waals surface area contributed by atoms with E-state index in [0.717, 1.165) is 0 Å². The van der Waals surface area contributed by atoms with Crippen LogP contribution in [0.5, 0.6) is 0 Å². The molecule has 0 bridgehead atoms. The third-order valence-corrected chi connectivity index (χ3v) is 2.29. The lowest BCUT2D eigenvalue weighted by Crippen LogP contribution is -2.28. The highest BCUT2D eigenvalue weighted by Gasteiger charge is 2.26. The van der Waals surface area contributed by atoms with Gasteiger partial charge in [-0.05, 0) is 12.2 Å². The van der Waals surface area contributed by atoms with Gasteiger partial charge < -0.3 is 9.84 Å². The molecule has 2 N–H and O–H groups in total. The fourth-order valence-corrected chi connectivity index (χ4v) is 1.54. The van der Waals surface area contributed by atoms with E-state index < -0.39 is 19.0 Å². The Bertz CT molecular complexity index is 429. The van der Waals surface area contributed by atoms with E-state index in [4.69, 9.17) is 9.84 Å². The van der Waals surface area contributed by atoms with Crippen molar-refractivity contribution in [1.82, 2.24) is 10.4 Å². The highest BCUT2D eigenvalue weighted by atomic mass is 19.3. The van der Waals surface area contributed by atoms with Crippen LogP contribution in [0.3, 0.4) is 0 Å². The summed E-state index contributed by atoms with van der Waals surface area (Å²) in [5.74, 6) is -0.752. The number of carboxylic acids is 1. The smallest absolute Gasteiger partial charge is 0.335 e. The van der Waals surface area contributed by atoms with Gasteiger partial charge in [0.1, 0.15) is 12.4 Å². The summed E-state index contributed by atoms with van der Waals surface area (Å²) in [5.41, 5.74) is 3.51. The van der Waals surface area contributed by atoms with E-state index in [1.807, 2.05) is 0 Å². The summed E-state index contributed by atoms with van der Waals surface area (Å²) < 4.78 is 28.7. The van der Waals surface area contributed by atoms with Gasteiger partial charge in [-0.3, -0.25) is 5.01 Å². The van der Waals surface area contributed by atoms with Crippen LogP contribution in [-0.2, 0) is 9.53 Å². The highest BCUT2D eigenvalue weighted by molar-refractivity contribution is 5.89. The minimum absolute atomic E-state index is 0.188. The van der Waals surface area contributed by atoms with Crippen molar-refractivity contribution in [3.05, 3.63) is 35.4 Å². The van der Waals surface area contributed by atoms with Crippen LogP contribution in [0.25, 0.3) is 0 Å². The number of alkyl halides is 2. The van der Waals surface area contributed by atoms with E-state index in [-0.39, 0.29) is 17.9 Å². The maximum atomic E-state index is 11.9. The van der Waals surface area contributed by atoms with Crippen LogP contribution < -0.4 is 5.43 Å². The van der Waals surface area contributed by atoms with E-state index in [1.54, 1.807) is 0 Å². The van der Waals surface area contributed by atoms with Gasteiger partial charge in [0.15, 0.2) is 0 Å². The Balaban J connectivity index is 2.09. The van der Waals surface area contributed by atoms with Crippen molar-refractivity contribution in [2.45, 2.75) is 6.43 Å². The van der Waals surface area contributed by atoms with Crippen LogP contribution in [0, 0.1) is 0 Å². The molecule has 2 heterocycles. The molecule has 0 aromatic heterocycles. The quantitative estimate of drug-likeness (QED) is 0.767. The molecule has 0 saturated heterocycles. The molecule has 0 aromatic rings. The summed E-state index contributed by atoms with van der Waals surface area (Å²) in [4.78, 5) is 10.8. The van der Waals surface area contributed by atoms with Crippen LogP contribution in [0.15, 0.2) is 35.4 Å². The summed E-state index contributed by atoms with van der Waals surface area (Å²) in [6, 6.07) is 0. The lowest BCUT2D eigenvalue weighted by Gasteiger charge is -2.20. The second-order valence-electron chi connectivity index (χ2n) is 3.44. The molecule has 2 rings (SSSR count). The van der Waals surface area contributed by atoms with Gasteiger partial charge in [0.05, 0.1) is 17.5 Å². The van der Waals surface area contributed by atoms with Crippen molar-refractivity contribution in [1.29, 1.82) is 0 Å². The van der Waals surface area contributed by atoms with Crippen LogP contribution in [0.4, 0.5) is 8.78 Å². The molecule has 0 atom stereocenters. The van der Waals surface area contributed by atoms with E-state index in [1.165, 1.54) is 23.4 Å². The monoisotopic (exact) mass is 244 g/mol. The standard InChI is InChI=1S/C10H10F2N2O3/c11-9(12)5-17-6-1-2-8-7(10(15)16)3-13-14(8)4-6/h1-2,4,9,13H,3,5H2,(H,15,16). The molecule has 0 aromatic carbocycles. The topological polar surface area (TPSA) is 61.8 Å². The molecule has 2 aliphatic rings.